The zero-order valence-corrected chi connectivity index (χ0v) is 44.3. The van der Waals surface area contributed by atoms with Gasteiger partial charge in [-0.1, -0.05) is 113 Å². The lowest BCUT2D eigenvalue weighted by atomic mass is 9.83. The molecule has 3 aromatic carbocycles. The van der Waals surface area contributed by atoms with Crippen molar-refractivity contribution in [2.24, 2.45) is 10.8 Å². The van der Waals surface area contributed by atoms with Gasteiger partial charge >= 0.3 is 0 Å². The van der Waals surface area contributed by atoms with Crippen molar-refractivity contribution >= 4 is 70.8 Å². The minimum Gasteiger partial charge on any atom is -0.350 e. The van der Waals surface area contributed by atoms with E-state index in [1.165, 1.54) is 0 Å². The van der Waals surface area contributed by atoms with Crippen LogP contribution in [-0.4, -0.2) is 130 Å². The number of nitrogens with one attached hydrogen (secondary N) is 8. The van der Waals surface area contributed by atoms with Crippen LogP contribution in [0, 0.1) is 10.8 Å². The highest BCUT2D eigenvalue weighted by Gasteiger charge is 2.56. The SMILES string of the molecule is CNCC(=O)N[C@H]1CCS[C@H]2CC(C)(C)[C@@H](C(=O)N[C@H](C(=O)NCc3ccc(CNC(=O)C(NC(=O)[C@H]4N5C(=O)[C@@H](NC(=O)[C@H](C)NC)CCS[C@H]5CC4(C)C)c4ccccc4)cc3)c3ccccc3)N2C1=O. The van der Waals surface area contributed by atoms with Gasteiger partial charge in [0.25, 0.3) is 0 Å². The van der Waals surface area contributed by atoms with Gasteiger partial charge < -0.3 is 52.3 Å². The minimum absolute atomic E-state index is 0.0541. The van der Waals surface area contributed by atoms with Crippen molar-refractivity contribution in [3.63, 3.8) is 0 Å². The van der Waals surface area contributed by atoms with E-state index in [9.17, 15) is 38.4 Å². The Labute approximate surface area is 436 Å². The molecule has 3 aromatic rings. The number of likely N-dealkylation sites (N-methyl/N-ethyl adjacent to an activating group) is 2. The predicted molar refractivity (Wildman–Crippen MR) is 281 cm³/mol. The van der Waals surface area contributed by atoms with Gasteiger partial charge in [-0.3, -0.25) is 38.4 Å². The molecule has 4 heterocycles. The molecule has 1 unspecified atom stereocenters. The molecule has 9 atom stereocenters. The molecule has 0 radical (unpaired) electrons. The number of amides is 8. The fraction of sp³-hybridized carbons (Fsp3) is 0.509. The second kappa shape index (κ2) is 23.9. The highest BCUT2D eigenvalue weighted by molar-refractivity contribution is 8.00. The van der Waals surface area contributed by atoms with Crippen LogP contribution in [0.1, 0.15) is 94.6 Å². The summed E-state index contributed by atoms with van der Waals surface area (Å²) < 4.78 is 0. The van der Waals surface area contributed by atoms with E-state index in [4.69, 9.17) is 0 Å². The zero-order valence-electron chi connectivity index (χ0n) is 42.6. The van der Waals surface area contributed by atoms with E-state index in [1.807, 2.05) is 64.1 Å². The van der Waals surface area contributed by atoms with Gasteiger partial charge in [0.1, 0.15) is 36.3 Å². The van der Waals surface area contributed by atoms with Crippen LogP contribution in [0.25, 0.3) is 0 Å². The molecule has 0 saturated carbocycles. The molecule has 392 valence electrons. The average molecular weight is 1040 g/mol. The van der Waals surface area contributed by atoms with E-state index < -0.39 is 76.8 Å². The molecular weight excluding hydrogens is 969 g/mol. The number of hydrogen-bond acceptors (Lipinski definition) is 12. The first-order chi connectivity index (χ1) is 34.8. The molecule has 7 rings (SSSR count). The van der Waals surface area contributed by atoms with Gasteiger partial charge in [-0.05, 0) is 91.3 Å². The van der Waals surface area contributed by atoms with Crippen molar-refractivity contribution < 1.29 is 38.4 Å². The van der Waals surface area contributed by atoms with Gasteiger partial charge in [0.15, 0.2) is 0 Å². The van der Waals surface area contributed by atoms with Crippen LogP contribution in [0.5, 0.6) is 0 Å². The number of carbonyl (C=O) groups is 8. The molecule has 18 nitrogen and oxygen atoms in total. The first-order valence-electron chi connectivity index (χ1n) is 25.0. The fourth-order valence-corrected chi connectivity index (χ4v) is 13.4. The van der Waals surface area contributed by atoms with Gasteiger partial charge in [0, 0.05) is 13.1 Å². The van der Waals surface area contributed by atoms with Crippen molar-refractivity contribution in [1.82, 2.24) is 52.3 Å². The molecule has 20 heteroatoms. The highest BCUT2D eigenvalue weighted by Crippen LogP contribution is 2.48. The molecule has 0 aromatic heterocycles. The van der Waals surface area contributed by atoms with Crippen LogP contribution in [0.15, 0.2) is 84.9 Å². The maximum atomic E-state index is 14.5. The summed E-state index contributed by atoms with van der Waals surface area (Å²) in [6.45, 7) is 9.79. The van der Waals surface area contributed by atoms with Gasteiger partial charge in [0.2, 0.25) is 47.3 Å². The summed E-state index contributed by atoms with van der Waals surface area (Å²) in [6, 6.07) is 19.1. The minimum atomic E-state index is -1.09. The van der Waals surface area contributed by atoms with Gasteiger partial charge in [0.05, 0.1) is 23.3 Å². The molecule has 4 aliphatic rings. The van der Waals surface area contributed by atoms with Crippen molar-refractivity contribution in [3.8, 4) is 0 Å². The number of hydrogen-bond donors (Lipinski definition) is 8. The van der Waals surface area contributed by atoms with E-state index in [-0.39, 0.29) is 54.0 Å². The Morgan fingerprint density at radius 3 is 1.41 bits per heavy atom. The molecular formula is C53H70N10O8S2. The van der Waals surface area contributed by atoms with Gasteiger partial charge in [-0.2, -0.15) is 0 Å². The Kier molecular flexibility index (Phi) is 18.0. The Bertz CT molecular complexity index is 2500. The lowest BCUT2D eigenvalue weighted by Crippen LogP contribution is -2.58. The standard InChI is InChI=1S/C53H70N10O8S2/c1-31(55-7)45(65)59-37-23-25-73-40-27-53(4,5)44(63(40)51(37)71)49(69)61-42(35-16-12-9-13-17-35)47(67)57-29-33-20-18-32(19-21-33)28-56-46(66)41(34-14-10-8-11-15-34)60-48(68)43-52(2,3)26-39-62(43)50(70)36(22-24-72-39)58-38(64)30-54-6/h8-21,31,36-37,39-44,54-55H,22-30H2,1-7H3,(H,56,66)(H,57,67)(H,58,64)(H,59,65)(H,60,68)(H,61,69)/t31-,36-,37-,39-,40-,41-,42?,43+,44+/m0/s1. The predicted octanol–water partition coefficient (Wildman–Crippen LogP) is 2.61. The molecule has 73 heavy (non-hydrogen) atoms. The fourth-order valence-electron chi connectivity index (χ4n) is 10.2. The van der Waals surface area contributed by atoms with Crippen molar-refractivity contribution in [1.29, 1.82) is 0 Å². The monoisotopic (exact) mass is 1040 g/mol. The number of benzene rings is 3. The second-order valence-corrected chi connectivity index (χ2v) is 23.2. The van der Waals surface area contributed by atoms with Crippen LogP contribution in [0.3, 0.4) is 0 Å². The van der Waals surface area contributed by atoms with Gasteiger partial charge in [-0.25, -0.2) is 0 Å². The smallest absolute Gasteiger partial charge is 0.247 e. The lowest BCUT2D eigenvalue weighted by Gasteiger charge is -2.35. The third-order valence-electron chi connectivity index (χ3n) is 14.2. The van der Waals surface area contributed by atoms with E-state index in [0.29, 0.717) is 48.3 Å². The van der Waals surface area contributed by atoms with Crippen molar-refractivity contribution in [2.45, 2.75) is 126 Å². The molecule has 8 N–H and O–H groups in total. The molecule has 4 saturated heterocycles. The summed E-state index contributed by atoms with van der Waals surface area (Å²) >= 11 is 3.18. The normalized spacial score (nSPS) is 24.3. The summed E-state index contributed by atoms with van der Waals surface area (Å²) in [5.74, 6) is -1.83. The topological polar surface area (TPSA) is 239 Å². The first kappa shape index (κ1) is 54.8. The van der Waals surface area contributed by atoms with E-state index in [0.717, 1.165) is 11.1 Å². The summed E-state index contributed by atoms with van der Waals surface area (Å²) in [4.78, 5) is 114. The molecule has 4 aliphatic heterocycles. The molecule has 0 spiro atoms. The lowest BCUT2D eigenvalue weighted by molar-refractivity contribution is -0.144. The van der Waals surface area contributed by atoms with Gasteiger partial charge in [-0.15, -0.1) is 23.5 Å². The summed E-state index contributed by atoms with van der Waals surface area (Å²) in [6.07, 6.45) is 1.99. The third-order valence-corrected chi connectivity index (χ3v) is 16.7. The van der Waals surface area contributed by atoms with Crippen molar-refractivity contribution in [2.75, 3.05) is 32.1 Å². The van der Waals surface area contributed by atoms with E-state index in [1.54, 1.807) is 103 Å². The summed E-state index contributed by atoms with van der Waals surface area (Å²) in [7, 11) is 3.32. The zero-order chi connectivity index (χ0) is 52.6. The molecule has 0 aliphatic carbocycles. The van der Waals surface area contributed by atoms with Crippen LogP contribution >= 0.6 is 23.5 Å². The average Bonchev–Trinajstić information content (AvgIpc) is 3.69. The summed E-state index contributed by atoms with van der Waals surface area (Å²) in [5.41, 5.74) is 1.36. The molecule has 4 fully saturated rings. The number of carbonyl (C=O) groups excluding carboxylic acids is 8. The Morgan fingerprint density at radius 2 is 1.01 bits per heavy atom. The van der Waals surface area contributed by atoms with Crippen LogP contribution in [0.4, 0.5) is 0 Å². The largest absolute Gasteiger partial charge is 0.350 e. The molecule has 0 bridgehead atoms. The van der Waals surface area contributed by atoms with Crippen LogP contribution in [0.2, 0.25) is 0 Å². The highest BCUT2D eigenvalue weighted by atomic mass is 32.2. The van der Waals surface area contributed by atoms with E-state index in [2.05, 4.69) is 42.5 Å². The number of rotatable bonds is 18. The second-order valence-electron chi connectivity index (χ2n) is 20.6. The van der Waals surface area contributed by atoms with Crippen LogP contribution in [-0.2, 0) is 51.4 Å². The third kappa shape index (κ3) is 12.9. The Hall–Kier alpha value is -5.96. The maximum Gasteiger partial charge on any atom is 0.247 e. The maximum absolute atomic E-state index is 14.5. The number of thioether (sulfide) groups is 2. The Morgan fingerprint density at radius 1 is 0.603 bits per heavy atom. The number of fused-ring (bicyclic) bond motifs is 2. The molecule has 8 amide bonds. The van der Waals surface area contributed by atoms with Crippen LogP contribution < -0.4 is 42.5 Å². The summed E-state index contributed by atoms with van der Waals surface area (Å²) in [5, 5.41) is 22.8. The van der Waals surface area contributed by atoms with E-state index >= 15 is 0 Å². The van der Waals surface area contributed by atoms with Crippen molar-refractivity contribution in [3.05, 3.63) is 107 Å². The number of nitrogens with zero attached hydrogens (tertiary/aromatic N) is 2. The quantitative estimate of drug-likeness (QED) is 0.0919. The first-order valence-corrected chi connectivity index (χ1v) is 27.1. The Balaban J connectivity index is 0.993.